The van der Waals surface area contributed by atoms with Gasteiger partial charge >= 0.3 is 0 Å². The maximum absolute atomic E-state index is 12.5. The van der Waals surface area contributed by atoms with Crippen LogP contribution < -0.4 is 5.32 Å². The lowest BCUT2D eigenvalue weighted by Crippen LogP contribution is -2.15. The number of aromatic nitrogens is 2. The van der Waals surface area contributed by atoms with Gasteiger partial charge in [-0.2, -0.15) is 0 Å². The molecule has 4 rings (SSSR count). The predicted octanol–water partition coefficient (Wildman–Crippen LogP) is 4.82. The molecule has 0 unspecified atom stereocenters. The Morgan fingerprint density at radius 2 is 1.74 bits per heavy atom. The first kappa shape index (κ1) is 17.4. The molecule has 1 heterocycles. The molecule has 0 spiro atoms. The van der Waals surface area contributed by atoms with Gasteiger partial charge in [0, 0.05) is 30.0 Å². The third-order valence-electron chi connectivity index (χ3n) is 4.27. The van der Waals surface area contributed by atoms with E-state index in [4.69, 9.17) is 0 Å². The van der Waals surface area contributed by atoms with Gasteiger partial charge in [0.2, 0.25) is 5.91 Å². The topological polar surface area (TPSA) is 46.9 Å². The van der Waals surface area contributed by atoms with Crippen LogP contribution >= 0.6 is 11.8 Å². The number of carbonyl (C=O) groups excluding carboxylic acids is 1. The summed E-state index contributed by atoms with van der Waals surface area (Å²) in [5, 5.41) is 6.02. The summed E-state index contributed by atoms with van der Waals surface area (Å²) in [7, 11) is 0. The molecule has 0 aliphatic rings. The fourth-order valence-corrected chi connectivity index (χ4v) is 3.75. The highest BCUT2D eigenvalue weighted by molar-refractivity contribution is 7.99. The molecule has 0 bridgehead atoms. The van der Waals surface area contributed by atoms with Crippen molar-refractivity contribution in [3.8, 4) is 0 Å². The quantitative estimate of drug-likeness (QED) is 0.493. The molecule has 0 fully saturated rings. The smallest absolute Gasteiger partial charge is 0.234 e. The summed E-state index contributed by atoms with van der Waals surface area (Å²) in [6, 6.07) is 24.2. The molecule has 1 N–H and O–H groups in total. The molecule has 4 aromatic rings. The van der Waals surface area contributed by atoms with Crippen molar-refractivity contribution in [1.82, 2.24) is 9.55 Å². The van der Waals surface area contributed by atoms with Gasteiger partial charge in [-0.05, 0) is 17.0 Å². The van der Waals surface area contributed by atoms with Gasteiger partial charge < -0.3 is 9.88 Å². The Bertz CT molecular complexity index is 1050. The van der Waals surface area contributed by atoms with E-state index < -0.39 is 0 Å². The van der Waals surface area contributed by atoms with Crippen LogP contribution in [0, 0.1) is 0 Å². The molecule has 134 valence electrons. The van der Waals surface area contributed by atoms with Gasteiger partial charge in [-0.25, -0.2) is 4.98 Å². The number of rotatable bonds is 6. The summed E-state index contributed by atoms with van der Waals surface area (Å²) >= 11 is 1.45. The molecule has 4 nitrogen and oxygen atoms in total. The zero-order chi connectivity index (χ0) is 18.5. The lowest BCUT2D eigenvalue weighted by Gasteiger charge is -2.10. The first-order chi connectivity index (χ1) is 13.3. The zero-order valence-electron chi connectivity index (χ0n) is 14.7. The van der Waals surface area contributed by atoms with Crippen molar-refractivity contribution in [1.29, 1.82) is 0 Å². The molecule has 0 atom stereocenters. The third kappa shape index (κ3) is 4.20. The Morgan fingerprint density at radius 3 is 2.63 bits per heavy atom. The highest BCUT2D eigenvalue weighted by atomic mass is 32.2. The molecule has 1 aromatic heterocycles. The SMILES string of the molecule is O=C(CSc1nccn1Cc1ccccc1)Nc1cccc2ccccc12. The minimum absolute atomic E-state index is 0.0365. The second-order valence-electron chi connectivity index (χ2n) is 6.19. The largest absolute Gasteiger partial charge is 0.325 e. The fraction of sp³-hybridized carbons (Fsp3) is 0.0909. The average Bonchev–Trinajstić information content (AvgIpc) is 3.14. The lowest BCUT2D eigenvalue weighted by molar-refractivity contribution is -0.113. The number of carbonyl (C=O) groups is 1. The number of nitrogens with one attached hydrogen (secondary N) is 1. The van der Waals surface area contributed by atoms with Gasteiger partial charge in [0.05, 0.1) is 5.75 Å². The second-order valence-corrected chi connectivity index (χ2v) is 7.13. The fourth-order valence-electron chi connectivity index (χ4n) is 2.99. The molecule has 5 heteroatoms. The van der Waals surface area contributed by atoms with Crippen LogP contribution in [0.1, 0.15) is 5.56 Å². The predicted molar refractivity (Wildman–Crippen MR) is 111 cm³/mol. The van der Waals surface area contributed by atoms with Crippen molar-refractivity contribution in [3.63, 3.8) is 0 Å². The Labute approximate surface area is 162 Å². The highest BCUT2D eigenvalue weighted by Gasteiger charge is 2.10. The van der Waals surface area contributed by atoms with E-state index in [1.54, 1.807) is 6.20 Å². The summed E-state index contributed by atoms with van der Waals surface area (Å²) in [5.74, 6) is 0.278. The van der Waals surface area contributed by atoms with Crippen molar-refractivity contribution in [2.75, 3.05) is 11.1 Å². The maximum Gasteiger partial charge on any atom is 0.234 e. The number of anilines is 1. The number of imidazole rings is 1. The monoisotopic (exact) mass is 373 g/mol. The van der Waals surface area contributed by atoms with Crippen LogP contribution in [-0.4, -0.2) is 21.2 Å². The van der Waals surface area contributed by atoms with Gasteiger partial charge in [-0.1, -0.05) is 78.5 Å². The Kier molecular flexibility index (Phi) is 5.21. The van der Waals surface area contributed by atoms with Crippen molar-refractivity contribution in [2.45, 2.75) is 11.7 Å². The number of hydrogen-bond donors (Lipinski definition) is 1. The molecular formula is C22H19N3OS. The van der Waals surface area contributed by atoms with Gasteiger partial charge in [0.15, 0.2) is 5.16 Å². The molecule has 0 radical (unpaired) electrons. The van der Waals surface area contributed by atoms with E-state index in [-0.39, 0.29) is 5.91 Å². The van der Waals surface area contributed by atoms with Crippen molar-refractivity contribution < 1.29 is 4.79 Å². The van der Waals surface area contributed by atoms with Crippen LogP contribution in [0.15, 0.2) is 90.3 Å². The van der Waals surface area contributed by atoms with E-state index >= 15 is 0 Å². The van der Waals surface area contributed by atoms with Crippen molar-refractivity contribution in [2.24, 2.45) is 0 Å². The molecule has 27 heavy (non-hydrogen) atoms. The minimum atomic E-state index is -0.0365. The normalized spacial score (nSPS) is 10.8. The third-order valence-corrected chi connectivity index (χ3v) is 5.27. The van der Waals surface area contributed by atoms with Crippen LogP contribution in [0.4, 0.5) is 5.69 Å². The first-order valence-corrected chi connectivity index (χ1v) is 9.73. The summed E-state index contributed by atoms with van der Waals surface area (Å²) < 4.78 is 2.06. The Hall–Kier alpha value is -3.05. The number of fused-ring (bicyclic) bond motifs is 1. The molecule has 1 amide bonds. The van der Waals surface area contributed by atoms with Crippen LogP contribution in [0.2, 0.25) is 0 Å². The average molecular weight is 373 g/mol. The maximum atomic E-state index is 12.5. The number of hydrogen-bond acceptors (Lipinski definition) is 3. The van der Waals surface area contributed by atoms with Gasteiger partial charge in [-0.3, -0.25) is 4.79 Å². The van der Waals surface area contributed by atoms with E-state index in [0.717, 1.165) is 28.2 Å². The van der Waals surface area contributed by atoms with E-state index in [9.17, 15) is 4.79 Å². The lowest BCUT2D eigenvalue weighted by atomic mass is 10.1. The van der Waals surface area contributed by atoms with Crippen LogP contribution in [0.25, 0.3) is 10.8 Å². The van der Waals surface area contributed by atoms with Crippen molar-refractivity contribution >= 4 is 34.1 Å². The second kappa shape index (κ2) is 8.10. The first-order valence-electron chi connectivity index (χ1n) is 8.75. The number of nitrogens with zero attached hydrogens (tertiary/aromatic N) is 2. The molecular weight excluding hydrogens is 354 g/mol. The standard InChI is InChI=1S/C22H19N3OS/c26-21(24-20-12-6-10-18-9-4-5-11-19(18)20)16-27-22-23-13-14-25(22)15-17-7-2-1-3-8-17/h1-14H,15-16H2,(H,24,26). The summed E-state index contributed by atoms with van der Waals surface area (Å²) in [6.45, 7) is 0.744. The Morgan fingerprint density at radius 1 is 0.963 bits per heavy atom. The summed E-state index contributed by atoms with van der Waals surface area (Å²) in [6.07, 6.45) is 3.71. The Balaban J connectivity index is 1.41. The van der Waals surface area contributed by atoms with E-state index in [1.807, 2.05) is 66.9 Å². The van der Waals surface area contributed by atoms with Gasteiger partial charge in [0.25, 0.3) is 0 Å². The molecule has 3 aromatic carbocycles. The van der Waals surface area contributed by atoms with Gasteiger partial charge in [-0.15, -0.1) is 0 Å². The zero-order valence-corrected chi connectivity index (χ0v) is 15.5. The van der Waals surface area contributed by atoms with Crippen LogP contribution in [0.5, 0.6) is 0 Å². The summed E-state index contributed by atoms with van der Waals surface area (Å²) in [5.41, 5.74) is 2.05. The van der Waals surface area contributed by atoms with E-state index in [2.05, 4.69) is 27.0 Å². The van der Waals surface area contributed by atoms with Gasteiger partial charge in [0.1, 0.15) is 0 Å². The van der Waals surface area contributed by atoms with Crippen LogP contribution in [0.3, 0.4) is 0 Å². The summed E-state index contributed by atoms with van der Waals surface area (Å²) in [4.78, 5) is 16.8. The van der Waals surface area contributed by atoms with Crippen molar-refractivity contribution in [3.05, 3.63) is 90.8 Å². The molecule has 0 saturated heterocycles. The van der Waals surface area contributed by atoms with E-state index in [0.29, 0.717) is 5.75 Å². The molecule has 0 saturated carbocycles. The van der Waals surface area contributed by atoms with E-state index in [1.165, 1.54) is 17.3 Å². The number of amides is 1. The molecule has 0 aliphatic heterocycles. The highest BCUT2D eigenvalue weighted by Crippen LogP contribution is 2.24. The molecule has 0 aliphatic carbocycles. The minimum Gasteiger partial charge on any atom is -0.325 e. The van der Waals surface area contributed by atoms with Crippen LogP contribution in [-0.2, 0) is 11.3 Å². The number of benzene rings is 3. The number of thioether (sulfide) groups is 1.